The summed E-state index contributed by atoms with van der Waals surface area (Å²) >= 11 is 0. The van der Waals surface area contributed by atoms with Crippen LogP contribution in [0.4, 0.5) is 0 Å². The highest BCUT2D eigenvalue weighted by Crippen LogP contribution is 2.44. The molecule has 0 N–H and O–H groups in total. The lowest BCUT2D eigenvalue weighted by molar-refractivity contribution is 0.669. The molecule has 0 saturated carbocycles. The van der Waals surface area contributed by atoms with Gasteiger partial charge in [-0.05, 0) is 65.7 Å². The molecule has 0 fully saturated rings. The average Bonchev–Trinajstić information content (AvgIpc) is 3.96. The van der Waals surface area contributed by atoms with E-state index in [-0.39, 0.29) is 0 Å². The molecule has 0 amide bonds. The number of fused-ring (bicyclic) bond motifs is 13. The van der Waals surface area contributed by atoms with Crippen LogP contribution in [-0.4, -0.2) is 4.57 Å². The second-order valence-corrected chi connectivity index (χ2v) is 13.6. The van der Waals surface area contributed by atoms with Gasteiger partial charge in [0.15, 0.2) is 0 Å². The molecule has 8 aromatic carbocycles. The molecular weight excluding hydrogens is 639 g/mol. The second kappa shape index (κ2) is 10.3. The molecule has 0 unspecified atom stereocenters. The summed E-state index contributed by atoms with van der Waals surface area (Å²) in [6.07, 6.45) is 0. The van der Waals surface area contributed by atoms with Crippen LogP contribution in [0.25, 0.3) is 116 Å². The van der Waals surface area contributed by atoms with Crippen LogP contribution in [0.3, 0.4) is 0 Å². The summed E-state index contributed by atoms with van der Waals surface area (Å²) in [6, 6.07) is 57.6. The smallest absolute Gasteiger partial charge is 0.145 e. The van der Waals surface area contributed by atoms with Crippen LogP contribution in [0.1, 0.15) is 0 Å². The summed E-state index contributed by atoms with van der Waals surface area (Å²) in [4.78, 5) is 0. The van der Waals surface area contributed by atoms with E-state index in [2.05, 4.69) is 138 Å². The van der Waals surface area contributed by atoms with E-state index in [1.54, 1.807) is 0 Å². The van der Waals surface area contributed by atoms with Crippen LogP contribution in [-0.2, 0) is 0 Å². The monoisotopic (exact) mass is 665 g/mol. The first-order valence-corrected chi connectivity index (χ1v) is 17.6. The van der Waals surface area contributed by atoms with E-state index < -0.39 is 0 Å². The minimum atomic E-state index is 0.887. The lowest BCUT2D eigenvalue weighted by Gasteiger charge is -2.10. The van der Waals surface area contributed by atoms with E-state index in [4.69, 9.17) is 13.3 Å². The molecule has 0 aliphatic heterocycles. The molecule has 4 heteroatoms. The standard InChI is InChI=1S/C48H27NO3/c1-4-16-42-33(9-1)36-14-7-12-31(46(36)50-42)28-19-22-30(23-20-28)49-40-25-21-29(32-13-8-15-37-34-10-2-5-17-43(34)51-47(32)37)27-39(40)45-41(49)26-24-38-35-11-3-6-18-44(35)52-48(38)45/h1-27H. The maximum Gasteiger partial charge on any atom is 0.145 e. The molecular formula is C48H27NO3. The third-order valence-corrected chi connectivity index (χ3v) is 10.8. The van der Waals surface area contributed by atoms with Crippen molar-refractivity contribution in [2.24, 2.45) is 0 Å². The second-order valence-electron chi connectivity index (χ2n) is 13.6. The van der Waals surface area contributed by atoms with Crippen LogP contribution in [0.15, 0.2) is 177 Å². The van der Waals surface area contributed by atoms with Crippen molar-refractivity contribution in [3.05, 3.63) is 164 Å². The molecule has 12 rings (SSSR count). The normalized spacial score (nSPS) is 12.2. The average molecular weight is 666 g/mol. The summed E-state index contributed by atoms with van der Waals surface area (Å²) in [5, 5.41) is 8.96. The third-order valence-electron chi connectivity index (χ3n) is 10.8. The van der Waals surface area contributed by atoms with Gasteiger partial charge in [0.1, 0.15) is 33.5 Å². The highest BCUT2D eigenvalue weighted by atomic mass is 16.3. The van der Waals surface area contributed by atoms with Crippen molar-refractivity contribution in [1.29, 1.82) is 0 Å². The lowest BCUT2D eigenvalue weighted by Crippen LogP contribution is -1.94. The molecule has 0 atom stereocenters. The zero-order chi connectivity index (χ0) is 33.9. The largest absolute Gasteiger partial charge is 0.455 e. The maximum atomic E-state index is 6.68. The van der Waals surface area contributed by atoms with E-state index in [0.717, 1.165) is 116 Å². The first-order valence-electron chi connectivity index (χ1n) is 17.6. The van der Waals surface area contributed by atoms with Gasteiger partial charge in [-0.3, -0.25) is 0 Å². The first kappa shape index (κ1) is 27.7. The number of aromatic nitrogens is 1. The molecule has 0 radical (unpaired) electrons. The molecule has 0 aliphatic carbocycles. The summed E-state index contributed by atoms with van der Waals surface area (Å²) in [5.74, 6) is 0. The van der Waals surface area contributed by atoms with Crippen LogP contribution < -0.4 is 0 Å². The fourth-order valence-electron chi connectivity index (χ4n) is 8.47. The summed E-state index contributed by atoms with van der Waals surface area (Å²) < 4.78 is 21.9. The third kappa shape index (κ3) is 3.75. The van der Waals surface area contributed by atoms with Gasteiger partial charge in [0.2, 0.25) is 0 Å². The molecule has 4 nitrogen and oxygen atoms in total. The van der Waals surface area contributed by atoms with E-state index in [1.165, 1.54) is 0 Å². The SMILES string of the molecule is c1ccc2c(c1)oc1c(-c3ccc(-n4c5ccc(-c6cccc7c6oc6ccccc67)cc5c5c6oc7ccccc7c6ccc54)cc3)cccc12. The van der Waals surface area contributed by atoms with Crippen molar-refractivity contribution < 1.29 is 13.3 Å². The number of para-hydroxylation sites is 5. The van der Waals surface area contributed by atoms with Gasteiger partial charge in [-0.25, -0.2) is 0 Å². The molecule has 4 heterocycles. The van der Waals surface area contributed by atoms with Crippen LogP contribution in [0.5, 0.6) is 0 Å². The van der Waals surface area contributed by atoms with Gasteiger partial charge in [-0.1, -0.05) is 109 Å². The Bertz CT molecular complexity index is 3410. The molecule has 0 spiro atoms. The van der Waals surface area contributed by atoms with Crippen molar-refractivity contribution in [2.45, 2.75) is 0 Å². The van der Waals surface area contributed by atoms with Crippen molar-refractivity contribution in [3.8, 4) is 27.9 Å². The Morgan fingerprint density at radius 3 is 1.42 bits per heavy atom. The van der Waals surface area contributed by atoms with Crippen molar-refractivity contribution in [3.63, 3.8) is 0 Å². The predicted octanol–water partition coefficient (Wildman–Crippen LogP) is 13.8. The number of benzene rings is 8. The van der Waals surface area contributed by atoms with E-state index in [1.807, 2.05) is 30.3 Å². The highest BCUT2D eigenvalue weighted by molar-refractivity contribution is 6.24. The van der Waals surface area contributed by atoms with Crippen LogP contribution in [0.2, 0.25) is 0 Å². The summed E-state index contributed by atoms with van der Waals surface area (Å²) in [7, 11) is 0. The Hall–Kier alpha value is -7.04. The molecule has 0 bridgehead atoms. The van der Waals surface area contributed by atoms with Crippen molar-refractivity contribution in [1.82, 2.24) is 4.57 Å². The Morgan fingerprint density at radius 2 is 0.808 bits per heavy atom. The first-order chi connectivity index (χ1) is 25.8. The number of hydrogen-bond donors (Lipinski definition) is 0. The maximum absolute atomic E-state index is 6.68. The van der Waals surface area contributed by atoms with Crippen LogP contribution in [0, 0.1) is 0 Å². The topological polar surface area (TPSA) is 44.4 Å². The summed E-state index contributed by atoms with van der Waals surface area (Å²) in [5.41, 5.74) is 13.0. The van der Waals surface area contributed by atoms with Gasteiger partial charge in [0, 0.05) is 54.5 Å². The lowest BCUT2D eigenvalue weighted by atomic mass is 10.00. The Labute approximate surface area is 296 Å². The Kier molecular flexibility index (Phi) is 5.47. The zero-order valence-electron chi connectivity index (χ0n) is 27.8. The number of furan rings is 3. The van der Waals surface area contributed by atoms with Crippen LogP contribution >= 0.6 is 0 Å². The fourth-order valence-corrected chi connectivity index (χ4v) is 8.47. The zero-order valence-corrected chi connectivity index (χ0v) is 27.8. The fraction of sp³-hybridized carbons (Fsp3) is 0. The highest BCUT2D eigenvalue weighted by Gasteiger charge is 2.21. The molecule has 4 aromatic heterocycles. The number of hydrogen-bond acceptors (Lipinski definition) is 3. The molecule has 12 aromatic rings. The molecule has 0 saturated heterocycles. The number of rotatable bonds is 3. The Balaban J connectivity index is 1.09. The minimum absolute atomic E-state index is 0.887. The quantitative estimate of drug-likeness (QED) is 0.189. The van der Waals surface area contributed by atoms with Crippen molar-refractivity contribution >= 4 is 87.6 Å². The molecule has 52 heavy (non-hydrogen) atoms. The minimum Gasteiger partial charge on any atom is -0.455 e. The van der Waals surface area contributed by atoms with Gasteiger partial charge >= 0.3 is 0 Å². The van der Waals surface area contributed by atoms with E-state index >= 15 is 0 Å². The summed E-state index contributed by atoms with van der Waals surface area (Å²) in [6.45, 7) is 0. The predicted molar refractivity (Wildman–Crippen MR) is 213 cm³/mol. The molecule has 0 aliphatic rings. The molecule has 242 valence electrons. The Morgan fingerprint density at radius 1 is 0.327 bits per heavy atom. The van der Waals surface area contributed by atoms with Crippen molar-refractivity contribution in [2.75, 3.05) is 0 Å². The van der Waals surface area contributed by atoms with Gasteiger partial charge in [0.25, 0.3) is 0 Å². The number of nitrogens with zero attached hydrogens (tertiary/aromatic N) is 1. The van der Waals surface area contributed by atoms with Gasteiger partial charge in [0.05, 0.1) is 16.4 Å². The van der Waals surface area contributed by atoms with Gasteiger partial charge < -0.3 is 17.8 Å². The van der Waals surface area contributed by atoms with E-state index in [9.17, 15) is 0 Å². The van der Waals surface area contributed by atoms with Gasteiger partial charge in [-0.15, -0.1) is 0 Å². The van der Waals surface area contributed by atoms with Gasteiger partial charge in [-0.2, -0.15) is 0 Å². The van der Waals surface area contributed by atoms with E-state index in [0.29, 0.717) is 0 Å².